The first-order valence-electron chi connectivity index (χ1n) is 9.39. The van der Waals surface area contributed by atoms with Crippen LogP contribution in [0.4, 0.5) is 0 Å². The molecule has 0 bridgehead atoms. The molecule has 0 saturated carbocycles. The number of amidine groups is 1. The molecular weight excluding hydrogens is 428 g/mol. The zero-order valence-corrected chi connectivity index (χ0v) is 18.3. The molecule has 0 unspecified atom stereocenters. The van der Waals surface area contributed by atoms with Crippen molar-refractivity contribution in [2.24, 2.45) is 4.40 Å². The maximum atomic E-state index is 12.7. The van der Waals surface area contributed by atoms with E-state index in [0.29, 0.717) is 11.1 Å². The predicted molar refractivity (Wildman–Crippen MR) is 114 cm³/mol. The van der Waals surface area contributed by atoms with Crippen LogP contribution in [0.25, 0.3) is 0 Å². The van der Waals surface area contributed by atoms with Crippen LogP contribution in [0.5, 0.6) is 0 Å². The Morgan fingerprint density at radius 3 is 2.63 bits per heavy atom. The fourth-order valence-electron chi connectivity index (χ4n) is 3.14. The summed E-state index contributed by atoms with van der Waals surface area (Å²) in [5, 5.41) is 2.74. The van der Waals surface area contributed by atoms with Gasteiger partial charge in [-0.05, 0) is 37.1 Å². The normalized spacial score (nSPS) is 17.9. The van der Waals surface area contributed by atoms with Crippen LogP contribution in [0.1, 0.15) is 25.0 Å². The second-order valence-electron chi connectivity index (χ2n) is 7.30. The number of carbonyl (C=O) groups is 1. The molecule has 1 aromatic carbocycles. The Morgan fingerprint density at radius 1 is 1.23 bits per heavy atom. The molecule has 2 N–H and O–H groups in total. The average Bonchev–Trinajstić information content (AvgIpc) is 2.64. The van der Waals surface area contributed by atoms with E-state index >= 15 is 0 Å². The van der Waals surface area contributed by atoms with Crippen molar-refractivity contribution in [2.75, 3.05) is 12.3 Å². The first-order chi connectivity index (χ1) is 14.1. The number of hydrogen-bond donors (Lipinski definition) is 2. The van der Waals surface area contributed by atoms with Gasteiger partial charge in [0.15, 0.2) is 5.84 Å². The number of rotatable bonds is 7. The zero-order chi connectivity index (χ0) is 21.9. The number of fused-ring (bicyclic) bond motifs is 1. The van der Waals surface area contributed by atoms with Gasteiger partial charge in [0.25, 0.3) is 15.9 Å². The van der Waals surface area contributed by atoms with Crippen LogP contribution in [-0.4, -0.2) is 51.8 Å². The molecule has 0 radical (unpaired) electrons. The summed E-state index contributed by atoms with van der Waals surface area (Å²) in [6.45, 7) is 3.81. The average molecular weight is 453 g/mol. The van der Waals surface area contributed by atoms with Crippen LogP contribution in [0.2, 0.25) is 0 Å². The topological polar surface area (TPSA) is 125 Å². The Labute approximate surface area is 176 Å². The summed E-state index contributed by atoms with van der Waals surface area (Å²) in [4.78, 5) is 14.4. The molecule has 0 fully saturated rings. The van der Waals surface area contributed by atoms with Crippen LogP contribution in [0, 0.1) is 0 Å². The van der Waals surface area contributed by atoms with Gasteiger partial charge in [-0.3, -0.25) is 4.79 Å². The fourth-order valence-corrected chi connectivity index (χ4v) is 5.62. The first kappa shape index (κ1) is 22.2. The number of allylic oxidation sites excluding steroid dienone is 2. The summed E-state index contributed by atoms with van der Waals surface area (Å²) in [5.41, 5.74) is 1.37. The highest BCUT2D eigenvalue weighted by atomic mass is 32.2. The SMILES string of the molecule is CC(C)NS(=O)(=O)Cc1ccccc1CNC(=O)C1=CC=CN2CCS(=O)(=O)N=C12. The third-order valence-corrected chi connectivity index (χ3v) is 7.09. The van der Waals surface area contributed by atoms with Gasteiger partial charge in [0.2, 0.25) is 10.0 Å². The minimum Gasteiger partial charge on any atom is -0.348 e. The lowest BCUT2D eigenvalue weighted by atomic mass is 10.1. The number of carbonyl (C=O) groups excluding carboxylic acids is 1. The van der Waals surface area contributed by atoms with Crippen molar-refractivity contribution in [3.8, 4) is 0 Å². The molecule has 1 aromatic rings. The van der Waals surface area contributed by atoms with E-state index in [-0.39, 0.29) is 42.0 Å². The number of nitrogens with zero attached hydrogens (tertiary/aromatic N) is 2. The molecule has 2 aliphatic heterocycles. The molecule has 9 nitrogen and oxygen atoms in total. The van der Waals surface area contributed by atoms with Gasteiger partial charge in [0.1, 0.15) is 0 Å². The fraction of sp³-hybridized carbons (Fsp3) is 0.368. The maximum Gasteiger partial charge on any atom is 0.256 e. The Morgan fingerprint density at radius 2 is 1.93 bits per heavy atom. The van der Waals surface area contributed by atoms with Crippen molar-refractivity contribution >= 4 is 31.8 Å². The van der Waals surface area contributed by atoms with Crippen LogP contribution in [0.3, 0.4) is 0 Å². The molecule has 0 spiro atoms. The van der Waals surface area contributed by atoms with Crippen molar-refractivity contribution in [3.63, 3.8) is 0 Å². The van der Waals surface area contributed by atoms with Crippen molar-refractivity contribution < 1.29 is 21.6 Å². The van der Waals surface area contributed by atoms with E-state index in [2.05, 4.69) is 14.4 Å². The van der Waals surface area contributed by atoms with Gasteiger partial charge in [0.05, 0.1) is 17.1 Å². The van der Waals surface area contributed by atoms with Crippen molar-refractivity contribution in [3.05, 3.63) is 59.3 Å². The summed E-state index contributed by atoms with van der Waals surface area (Å²) < 4.78 is 54.5. The molecule has 162 valence electrons. The smallest absolute Gasteiger partial charge is 0.256 e. The van der Waals surface area contributed by atoms with Crippen LogP contribution < -0.4 is 10.0 Å². The van der Waals surface area contributed by atoms with Crippen LogP contribution in [-0.2, 0) is 37.1 Å². The highest BCUT2D eigenvalue weighted by Crippen LogP contribution is 2.18. The standard InChI is InChI=1S/C19H24N4O5S2/c1-14(2)21-30(27,28)13-16-7-4-3-6-15(16)12-20-19(24)17-8-5-9-23-10-11-29(25,26)22-18(17)23/h3-9,14,21H,10-13H2,1-2H3,(H,20,24). The lowest BCUT2D eigenvalue weighted by Crippen LogP contribution is -2.42. The van der Waals surface area contributed by atoms with E-state index in [0.717, 1.165) is 0 Å². The summed E-state index contributed by atoms with van der Waals surface area (Å²) >= 11 is 0. The second-order valence-corrected chi connectivity index (χ2v) is 10.8. The second kappa shape index (κ2) is 8.70. The number of nitrogens with one attached hydrogen (secondary N) is 2. The van der Waals surface area contributed by atoms with E-state index in [1.54, 1.807) is 55.3 Å². The van der Waals surface area contributed by atoms with E-state index in [9.17, 15) is 21.6 Å². The molecule has 11 heteroatoms. The molecule has 1 amide bonds. The Balaban J connectivity index is 1.75. The molecule has 0 atom stereocenters. The van der Waals surface area contributed by atoms with Gasteiger partial charge in [-0.15, -0.1) is 4.40 Å². The Bertz CT molecular complexity index is 1140. The molecule has 0 aliphatic carbocycles. The van der Waals surface area contributed by atoms with Gasteiger partial charge >= 0.3 is 0 Å². The largest absolute Gasteiger partial charge is 0.348 e. The summed E-state index contributed by atoms with van der Waals surface area (Å²) in [5.74, 6) is -0.708. The molecular formula is C19H24N4O5S2. The first-order valence-corrected chi connectivity index (χ1v) is 12.7. The van der Waals surface area contributed by atoms with Gasteiger partial charge in [-0.25, -0.2) is 21.6 Å². The number of benzene rings is 1. The third kappa shape index (κ3) is 5.55. The van der Waals surface area contributed by atoms with Gasteiger partial charge in [-0.2, -0.15) is 0 Å². The third-order valence-electron chi connectivity index (χ3n) is 4.42. The molecule has 30 heavy (non-hydrogen) atoms. The van der Waals surface area contributed by atoms with E-state index in [1.165, 1.54) is 6.08 Å². The van der Waals surface area contributed by atoms with Crippen molar-refractivity contribution in [2.45, 2.75) is 32.2 Å². The highest BCUT2D eigenvalue weighted by molar-refractivity contribution is 7.90. The molecule has 0 aromatic heterocycles. The van der Waals surface area contributed by atoms with Gasteiger partial charge in [-0.1, -0.05) is 24.3 Å². The van der Waals surface area contributed by atoms with Crippen molar-refractivity contribution in [1.82, 2.24) is 14.9 Å². The summed E-state index contributed by atoms with van der Waals surface area (Å²) in [6.07, 6.45) is 4.84. The van der Waals surface area contributed by atoms with E-state index in [1.807, 2.05) is 0 Å². The monoisotopic (exact) mass is 452 g/mol. The van der Waals surface area contributed by atoms with Gasteiger partial charge < -0.3 is 10.2 Å². The number of hydrogen-bond acceptors (Lipinski definition) is 6. The lowest BCUT2D eigenvalue weighted by Gasteiger charge is -2.28. The highest BCUT2D eigenvalue weighted by Gasteiger charge is 2.29. The zero-order valence-electron chi connectivity index (χ0n) is 16.7. The molecule has 2 aliphatic rings. The quantitative estimate of drug-likeness (QED) is 0.625. The maximum absolute atomic E-state index is 12.7. The van der Waals surface area contributed by atoms with Crippen molar-refractivity contribution in [1.29, 1.82) is 0 Å². The summed E-state index contributed by atoms with van der Waals surface area (Å²) in [7, 11) is -7.13. The van der Waals surface area contributed by atoms with Crippen LogP contribution in [0.15, 0.2) is 52.6 Å². The molecule has 2 heterocycles. The predicted octanol–water partition coefficient (Wildman–Crippen LogP) is 0.628. The lowest BCUT2D eigenvalue weighted by molar-refractivity contribution is -0.117. The minimum atomic E-state index is -3.61. The van der Waals surface area contributed by atoms with E-state index < -0.39 is 26.0 Å². The number of amides is 1. The Kier molecular flexibility index (Phi) is 6.44. The number of sulfonamides is 2. The summed E-state index contributed by atoms with van der Waals surface area (Å²) in [6, 6.07) is 6.71. The minimum absolute atomic E-state index is 0.0906. The molecule has 0 saturated heterocycles. The van der Waals surface area contributed by atoms with Gasteiger partial charge in [0, 0.05) is 25.3 Å². The van der Waals surface area contributed by atoms with Crippen LogP contribution >= 0.6 is 0 Å². The van der Waals surface area contributed by atoms with E-state index in [4.69, 9.17) is 0 Å². The Hall–Kier alpha value is -2.50. The molecule has 3 rings (SSSR count).